The first-order valence-corrected chi connectivity index (χ1v) is 11.9. The van der Waals surface area contributed by atoms with Crippen LogP contribution in [0, 0.1) is 11.3 Å². The molecule has 1 fully saturated rings. The molecule has 0 bridgehead atoms. The summed E-state index contributed by atoms with van der Waals surface area (Å²) in [4.78, 5) is 14.8. The van der Waals surface area contributed by atoms with Crippen LogP contribution in [0.15, 0.2) is 35.5 Å². The van der Waals surface area contributed by atoms with Gasteiger partial charge in [-0.05, 0) is 38.9 Å². The predicted molar refractivity (Wildman–Crippen MR) is 123 cm³/mol. The monoisotopic (exact) mass is 440 g/mol. The van der Waals surface area contributed by atoms with Gasteiger partial charge in [-0.1, -0.05) is 68.3 Å². The van der Waals surface area contributed by atoms with E-state index < -0.39 is 5.54 Å². The molecule has 0 radical (unpaired) electrons. The number of nitrogens with zero attached hydrogens (tertiary/aromatic N) is 5. The van der Waals surface area contributed by atoms with Crippen LogP contribution in [0.1, 0.15) is 62.9 Å². The summed E-state index contributed by atoms with van der Waals surface area (Å²) in [5.74, 6) is 0.999. The molecule has 1 unspecified atom stereocenters. The second kappa shape index (κ2) is 10.8. The lowest BCUT2D eigenvalue weighted by Crippen LogP contribution is -2.49. The third kappa shape index (κ3) is 5.86. The van der Waals surface area contributed by atoms with Crippen molar-refractivity contribution in [3.8, 4) is 6.07 Å². The van der Waals surface area contributed by atoms with Crippen LogP contribution >= 0.6 is 11.8 Å². The molecule has 2 aromatic rings. The fourth-order valence-electron chi connectivity index (χ4n) is 4.20. The van der Waals surface area contributed by atoms with Crippen molar-refractivity contribution >= 4 is 17.7 Å². The van der Waals surface area contributed by atoms with Gasteiger partial charge in [0.2, 0.25) is 5.91 Å². The molecular formula is C23H32N6OS. The van der Waals surface area contributed by atoms with Crippen LogP contribution in [0.4, 0.5) is 0 Å². The van der Waals surface area contributed by atoms with Gasteiger partial charge in [0, 0.05) is 0 Å². The van der Waals surface area contributed by atoms with E-state index in [4.69, 9.17) is 0 Å². The van der Waals surface area contributed by atoms with Crippen molar-refractivity contribution in [2.45, 2.75) is 68.7 Å². The SMILES string of the molecule is CCC(c1nnc(SCC(=O)NC2(C#N)CCCCC2)n1Cc1ccccc1)N(C)C. The molecule has 8 heteroatoms. The van der Waals surface area contributed by atoms with Gasteiger partial charge in [0.15, 0.2) is 11.0 Å². The predicted octanol–water partition coefficient (Wildman–Crippen LogP) is 3.77. The van der Waals surface area contributed by atoms with Crippen molar-refractivity contribution in [3.05, 3.63) is 41.7 Å². The van der Waals surface area contributed by atoms with Gasteiger partial charge in [-0.15, -0.1) is 10.2 Å². The Morgan fingerprint density at radius 3 is 2.58 bits per heavy atom. The topological polar surface area (TPSA) is 86.8 Å². The molecule has 0 spiro atoms. The van der Waals surface area contributed by atoms with E-state index >= 15 is 0 Å². The van der Waals surface area contributed by atoms with E-state index in [9.17, 15) is 10.1 Å². The number of benzene rings is 1. The summed E-state index contributed by atoms with van der Waals surface area (Å²) < 4.78 is 2.11. The Bertz CT molecular complexity index is 899. The quantitative estimate of drug-likeness (QED) is 0.597. The largest absolute Gasteiger partial charge is 0.337 e. The van der Waals surface area contributed by atoms with Crippen LogP contribution < -0.4 is 5.32 Å². The maximum atomic E-state index is 12.7. The summed E-state index contributed by atoms with van der Waals surface area (Å²) >= 11 is 1.38. The molecular weight excluding hydrogens is 408 g/mol. The van der Waals surface area contributed by atoms with Crippen LogP contribution in [-0.2, 0) is 11.3 Å². The summed E-state index contributed by atoms with van der Waals surface area (Å²) in [5, 5.41) is 22.3. The minimum Gasteiger partial charge on any atom is -0.337 e. The summed E-state index contributed by atoms with van der Waals surface area (Å²) in [6.07, 6.45) is 5.47. The second-order valence-corrected chi connectivity index (χ2v) is 9.33. The summed E-state index contributed by atoms with van der Waals surface area (Å²) in [7, 11) is 4.09. The highest BCUT2D eigenvalue weighted by Gasteiger charge is 2.33. The minimum absolute atomic E-state index is 0.121. The molecule has 166 valence electrons. The smallest absolute Gasteiger partial charge is 0.231 e. The zero-order chi connectivity index (χ0) is 22.3. The number of nitriles is 1. The summed E-state index contributed by atoms with van der Waals surface area (Å²) in [6, 6.07) is 12.7. The molecule has 1 aliphatic rings. The average Bonchev–Trinajstić information content (AvgIpc) is 3.16. The molecule has 0 saturated heterocycles. The van der Waals surface area contributed by atoms with E-state index in [0.717, 1.165) is 55.1 Å². The van der Waals surface area contributed by atoms with Crippen molar-refractivity contribution < 1.29 is 4.79 Å². The first kappa shape index (κ1) is 23.3. The second-order valence-electron chi connectivity index (χ2n) is 8.39. The number of aromatic nitrogens is 3. The van der Waals surface area contributed by atoms with Gasteiger partial charge in [-0.3, -0.25) is 9.69 Å². The molecule has 1 aromatic heterocycles. The number of nitrogens with one attached hydrogen (secondary N) is 1. The van der Waals surface area contributed by atoms with Gasteiger partial charge in [-0.25, -0.2) is 0 Å². The number of carbonyl (C=O) groups is 1. The molecule has 1 saturated carbocycles. The lowest BCUT2D eigenvalue weighted by Gasteiger charge is -2.31. The van der Waals surface area contributed by atoms with Gasteiger partial charge >= 0.3 is 0 Å². The van der Waals surface area contributed by atoms with E-state index in [1.54, 1.807) is 0 Å². The van der Waals surface area contributed by atoms with E-state index in [-0.39, 0.29) is 17.7 Å². The first-order valence-electron chi connectivity index (χ1n) is 11.0. The molecule has 1 N–H and O–H groups in total. The Hall–Kier alpha value is -2.37. The van der Waals surface area contributed by atoms with Crippen LogP contribution in [0.25, 0.3) is 0 Å². The van der Waals surface area contributed by atoms with E-state index in [0.29, 0.717) is 6.54 Å². The van der Waals surface area contributed by atoms with Crippen LogP contribution in [0.2, 0.25) is 0 Å². The Labute approximate surface area is 189 Å². The zero-order valence-corrected chi connectivity index (χ0v) is 19.5. The van der Waals surface area contributed by atoms with Crippen molar-refractivity contribution in [1.29, 1.82) is 5.26 Å². The standard InChI is InChI=1S/C23H32N6OS/c1-4-19(28(2)3)21-26-27-22(29(21)15-18-11-7-5-8-12-18)31-16-20(30)25-23(17-24)13-9-6-10-14-23/h5,7-8,11-12,19H,4,6,9-10,13-16H2,1-3H3,(H,25,30). The van der Waals surface area contributed by atoms with Crippen LogP contribution in [0.3, 0.4) is 0 Å². The Balaban J connectivity index is 1.76. The lowest BCUT2D eigenvalue weighted by molar-refractivity contribution is -0.120. The fourth-order valence-corrected chi connectivity index (χ4v) is 4.94. The molecule has 7 nitrogen and oxygen atoms in total. The molecule has 1 heterocycles. The van der Waals surface area contributed by atoms with Crippen LogP contribution in [-0.4, -0.2) is 51.0 Å². The van der Waals surface area contributed by atoms with Crippen molar-refractivity contribution in [2.75, 3.05) is 19.8 Å². The highest BCUT2D eigenvalue weighted by molar-refractivity contribution is 7.99. The van der Waals surface area contributed by atoms with Crippen molar-refractivity contribution in [1.82, 2.24) is 25.0 Å². The van der Waals surface area contributed by atoms with Crippen molar-refractivity contribution in [3.63, 3.8) is 0 Å². The van der Waals surface area contributed by atoms with Gasteiger partial charge in [-0.2, -0.15) is 5.26 Å². The highest BCUT2D eigenvalue weighted by atomic mass is 32.2. The molecule has 31 heavy (non-hydrogen) atoms. The van der Waals surface area contributed by atoms with E-state index in [2.05, 4.69) is 50.1 Å². The highest BCUT2D eigenvalue weighted by Crippen LogP contribution is 2.29. The first-order chi connectivity index (χ1) is 15.0. The third-order valence-electron chi connectivity index (χ3n) is 5.87. The van der Waals surface area contributed by atoms with Gasteiger partial charge < -0.3 is 9.88 Å². The van der Waals surface area contributed by atoms with Crippen molar-refractivity contribution in [2.24, 2.45) is 0 Å². The van der Waals surface area contributed by atoms with E-state index in [1.165, 1.54) is 11.8 Å². The maximum Gasteiger partial charge on any atom is 0.231 e. The van der Waals surface area contributed by atoms with Gasteiger partial charge in [0.05, 0.1) is 24.4 Å². The van der Waals surface area contributed by atoms with E-state index in [1.807, 2.05) is 32.3 Å². The average molecular weight is 441 g/mol. The molecule has 3 rings (SSSR count). The Kier molecular flexibility index (Phi) is 8.10. The summed E-state index contributed by atoms with van der Waals surface area (Å²) in [6.45, 7) is 2.79. The minimum atomic E-state index is -0.711. The molecule has 1 amide bonds. The lowest BCUT2D eigenvalue weighted by atomic mass is 9.83. The zero-order valence-electron chi connectivity index (χ0n) is 18.7. The Morgan fingerprint density at radius 2 is 1.97 bits per heavy atom. The molecule has 0 aliphatic heterocycles. The fraction of sp³-hybridized carbons (Fsp3) is 0.565. The van der Waals surface area contributed by atoms with Gasteiger partial charge in [0.25, 0.3) is 0 Å². The molecule has 1 aromatic carbocycles. The number of hydrogen-bond donors (Lipinski definition) is 1. The number of thioether (sulfide) groups is 1. The Morgan fingerprint density at radius 1 is 1.26 bits per heavy atom. The molecule has 1 aliphatic carbocycles. The summed E-state index contributed by atoms with van der Waals surface area (Å²) in [5.41, 5.74) is 0.450. The number of rotatable bonds is 9. The van der Waals surface area contributed by atoms with Gasteiger partial charge in [0.1, 0.15) is 5.54 Å². The van der Waals surface area contributed by atoms with Crippen LogP contribution in [0.5, 0.6) is 0 Å². The number of hydrogen-bond acceptors (Lipinski definition) is 6. The normalized spacial score (nSPS) is 16.6. The number of amides is 1. The molecule has 1 atom stereocenters. The third-order valence-corrected chi connectivity index (χ3v) is 6.84. The number of carbonyl (C=O) groups excluding carboxylic acids is 1. The maximum absolute atomic E-state index is 12.7.